The molecule has 0 aliphatic carbocycles. The van der Waals surface area contributed by atoms with E-state index < -0.39 is 0 Å². The highest BCUT2D eigenvalue weighted by Crippen LogP contribution is 2.30. The number of benzene rings is 2. The van der Waals surface area contributed by atoms with Gasteiger partial charge in [-0.3, -0.25) is 4.79 Å². The summed E-state index contributed by atoms with van der Waals surface area (Å²) in [6.45, 7) is 6.42. The smallest absolute Gasteiger partial charge is 0.203 e. The van der Waals surface area contributed by atoms with Crippen LogP contribution in [0.3, 0.4) is 0 Å². The standard InChI is InChI=1S/C23H19ClN2OS/c1-23(2,3)20-14-28-22(26-20)17-6-4-15(5-7-17)12-18(13-25)21(27)16-8-10-19(24)11-9-16/h4-12,14H,1-3H3. The first-order valence-electron chi connectivity index (χ1n) is 8.76. The highest BCUT2D eigenvalue weighted by atomic mass is 35.5. The van der Waals surface area contributed by atoms with Crippen LogP contribution in [0, 0.1) is 11.3 Å². The predicted molar refractivity (Wildman–Crippen MR) is 116 cm³/mol. The number of halogens is 1. The molecule has 0 amide bonds. The van der Waals surface area contributed by atoms with E-state index >= 15 is 0 Å². The number of hydrogen-bond acceptors (Lipinski definition) is 4. The molecular formula is C23H19ClN2OS. The highest BCUT2D eigenvalue weighted by molar-refractivity contribution is 7.13. The third kappa shape index (κ3) is 4.56. The van der Waals surface area contributed by atoms with Crippen LogP contribution in [0.1, 0.15) is 42.4 Å². The van der Waals surface area contributed by atoms with E-state index in [9.17, 15) is 10.1 Å². The molecule has 0 saturated heterocycles. The molecule has 0 fully saturated rings. The van der Waals surface area contributed by atoms with E-state index in [1.165, 1.54) is 0 Å². The zero-order valence-electron chi connectivity index (χ0n) is 15.9. The Morgan fingerprint density at radius 2 is 1.75 bits per heavy atom. The number of allylic oxidation sites excluding steroid dienone is 1. The van der Waals surface area contributed by atoms with Crippen molar-refractivity contribution in [2.45, 2.75) is 26.2 Å². The molecule has 1 aromatic heterocycles. The zero-order valence-corrected chi connectivity index (χ0v) is 17.4. The van der Waals surface area contributed by atoms with Gasteiger partial charge in [-0.25, -0.2) is 4.98 Å². The zero-order chi connectivity index (χ0) is 20.3. The summed E-state index contributed by atoms with van der Waals surface area (Å²) >= 11 is 7.47. The van der Waals surface area contributed by atoms with E-state index in [-0.39, 0.29) is 16.8 Å². The largest absolute Gasteiger partial charge is 0.288 e. The monoisotopic (exact) mass is 406 g/mol. The molecule has 0 spiro atoms. The lowest BCUT2D eigenvalue weighted by Crippen LogP contribution is -2.11. The fraction of sp³-hybridized carbons (Fsp3) is 0.174. The minimum Gasteiger partial charge on any atom is -0.288 e. The number of carbonyl (C=O) groups is 1. The fourth-order valence-electron chi connectivity index (χ4n) is 2.54. The van der Waals surface area contributed by atoms with Crippen LogP contribution >= 0.6 is 22.9 Å². The average Bonchev–Trinajstić information content (AvgIpc) is 3.17. The molecule has 0 aliphatic heterocycles. The Morgan fingerprint density at radius 3 is 2.29 bits per heavy atom. The molecule has 0 bridgehead atoms. The van der Waals surface area contributed by atoms with Gasteiger partial charge in [-0.15, -0.1) is 11.3 Å². The summed E-state index contributed by atoms with van der Waals surface area (Å²) in [6.07, 6.45) is 1.60. The van der Waals surface area contributed by atoms with Crippen LogP contribution in [0.25, 0.3) is 16.6 Å². The highest BCUT2D eigenvalue weighted by Gasteiger charge is 2.18. The van der Waals surface area contributed by atoms with Crippen LogP contribution in [0.2, 0.25) is 5.02 Å². The number of rotatable bonds is 4. The van der Waals surface area contributed by atoms with Gasteiger partial charge in [-0.05, 0) is 35.9 Å². The molecule has 0 saturated carbocycles. The number of carbonyl (C=O) groups excluding carboxylic acids is 1. The van der Waals surface area contributed by atoms with Crippen molar-refractivity contribution < 1.29 is 4.79 Å². The van der Waals surface area contributed by atoms with E-state index in [2.05, 4.69) is 26.2 Å². The van der Waals surface area contributed by atoms with Gasteiger partial charge in [-0.2, -0.15) is 5.26 Å². The molecule has 140 valence electrons. The molecule has 0 atom stereocenters. The van der Waals surface area contributed by atoms with Crippen LogP contribution in [0.5, 0.6) is 0 Å². The second-order valence-corrected chi connectivity index (χ2v) is 8.71. The number of thiazole rings is 1. The van der Waals surface area contributed by atoms with Gasteiger partial charge in [-0.1, -0.05) is 56.6 Å². The molecule has 2 aromatic carbocycles. The van der Waals surface area contributed by atoms with Crippen molar-refractivity contribution in [1.82, 2.24) is 4.98 Å². The lowest BCUT2D eigenvalue weighted by molar-refractivity contribution is 0.104. The molecule has 3 nitrogen and oxygen atoms in total. The molecule has 3 rings (SSSR count). The first kappa shape index (κ1) is 20.0. The third-order valence-corrected chi connectivity index (χ3v) is 5.36. The second kappa shape index (κ2) is 8.10. The van der Waals surface area contributed by atoms with E-state index in [0.717, 1.165) is 21.8 Å². The van der Waals surface area contributed by atoms with Crippen molar-refractivity contribution in [3.05, 3.63) is 81.3 Å². The molecule has 5 heteroatoms. The quantitative estimate of drug-likeness (QED) is 0.280. The summed E-state index contributed by atoms with van der Waals surface area (Å²) in [5, 5.41) is 13.0. The van der Waals surface area contributed by atoms with Crippen molar-refractivity contribution in [3.8, 4) is 16.6 Å². The minimum absolute atomic E-state index is 0.0150. The van der Waals surface area contributed by atoms with Crippen LogP contribution in [0.15, 0.2) is 59.5 Å². The first-order chi connectivity index (χ1) is 13.3. The maximum Gasteiger partial charge on any atom is 0.203 e. The number of Topliss-reactive ketones (excluding diaryl/α,β-unsaturated/α-hetero) is 1. The summed E-state index contributed by atoms with van der Waals surface area (Å²) in [5.74, 6) is -0.321. The van der Waals surface area contributed by atoms with Crippen LogP contribution in [-0.2, 0) is 5.41 Å². The minimum atomic E-state index is -0.321. The van der Waals surface area contributed by atoms with E-state index in [1.54, 1.807) is 41.7 Å². The molecule has 1 heterocycles. The van der Waals surface area contributed by atoms with Gasteiger partial charge in [0.25, 0.3) is 0 Å². The summed E-state index contributed by atoms with van der Waals surface area (Å²) in [4.78, 5) is 17.3. The van der Waals surface area contributed by atoms with Crippen molar-refractivity contribution >= 4 is 34.8 Å². The lowest BCUT2D eigenvalue weighted by atomic mass is 9.93. The maximum atomic E-state index is 12.5. The number of nitriles is 1. The van der Waals surface area contributed by atoms with Gasteiger partial charge in [0.1, 0.15) is 16.6 Å². The molecule has 28 heavy (non-hydrogen) atoms. The van der Waals surface area contributed by atoms with Crippen LogP contribution in [-0.4, -0.2) is 10.8 Å². The SMILES string of the molecule is CC(C)(C)c1csc(-c2ccc(C=C(C#N)C(=O)c3ccc(Cl)cc3)cc2)n1. The van der Waals surface area contributed by atoms with Gasteiger partial charge < -0.3 is 0 Å². The molecule has 0 radical (unpaired) electrons. The topological polar surface area (TPSA) is 53.8 Å². The Balaban J connectivity index is 1.84. The Hall–Kier alpha value is -2.74. The summed E-state index contributed by atoms with van der Waals surface area (Å²) in [6, 6.07) is 16.2. The Bertz CT molecular complexity index is 1070. The van der Waals surface area contributed by atoms with E-state index in [1.807, 2.05) is 30.3 Å². The lowest BCUT2D eigenvalue weighted by Gasteiger charge is -2.14. The predicted octanol–water partition coefficient (Wildman–Crippen LogP) is 6.55. The molecule has 0 unspecified atom stereocenters. The van der Waals surface area contributed by atoms with E-state index in [4.69, 9.17) is 16.6 Å². The van der Waals surface area contributed by atoms with Gasteiger partial charge >= 0.3 is 0 Å². The Morgan fingerprint density at radius 1 is 1.11 bits per heavy atom. The van der Waals surface area contributed by atoms with Crippen molar-refractivity contribution in [2.24, 2.45) is 0 Å². The van der Waals surface area contributed by atoms with Gasteiger partial charge in [0.2, 0.25) is 5.78 Å². The number of nitrogens with zero attached hydrogens (tertiary/aromatic N) is 2. The Kier molecular flexibility index (Phi) is 5.79. The number of aromatic nitrogens is 1. The summed E-state index contributed by atoms with van der Waals surface area (Å²) < 4.78 is 0. The third-order valence-electron chi connectivity index (χ3n) is 4.21. The Labute approximate surface area is 173 Å². The average molecular weight is 407 g/mol. The van der Waals surface area contributed by atoms with Crippen molar-refractivity contribution in [2.75, 3.05) is 0 Å². The summed E-state index contributed by atoms with van der Waals surface area (Å²) in [5.41, 5.74) is 3.40. The first-order valence-corrected chi connectivity index (χ1v) is 10.0. The molecule has 3 aromatic rings. The normalized spacial score (nSPS) is 11.9. The number of hydrogen-bond donors (Lipinski definition) is 0. The van der Waals surface area contributed by atoms with Crippen LogP contribution < -0.4 is 0 Å². The van der Waals surface area contributed by atoms with Crippen molar-refractivity contribution in [3.63, 3.8) is 0 Å². The molecular weight excluding hydrogens is 388 g/mol. The summed E-state index contributed by atoms with van der Waals surface area (Å²) in [7, 11) is 0. The molecule has 0 N–H and O–H groups in total. The van der Waals surface area contributed by atoms with Crippen molar-refractivity contribution in [1.29, 1.82) is 5.26 Å². The maximum absolute atomic E-state index is 12.5. The second-order valence-electron chi connectivity index (χ2n) is 7.42. The van der Waals surface area contributed by atoms with E-state index in [0.29, 0.717) is 10.6 Å². The van der Waals surface area contributed by atoms with Gasteiger partial charge in [0, 0.05) is 26.9 Å². The van der Waals surface area contributed by atoms with Gasteiger partial charge in [0.05, 0.1) is 5.69 Å². The number of ketones is 1. The van der Waals surface area contributed by atoms with Crippen LogP contribution in [0.4, 0.5) is 0 Å². The van der Waals surface area contributed by atoms with Gasteiger partial charge in [0.15, 0.2) is 0 Å². The molecule has 0 aliphatic rings. The fourth-order valence-corrected chi connectivity index (χ4v) is 3.72.